The van der Waals surface area contributed by atoms with E-state index in [1.807, 2.05) is 24.3 Å². The quantitative estimate of drug-likeness (QED) is 0.375. The van der Waals surface area contributed by atoms with Gasteiger partial charge in [0.2, 0.25) is 0 Å². The minimum atomic E-state index is -0.709. The Bertz CT molecular complexity index is 787. The van der Waals surface area contributed by atoms with E-state index >= 15 is 0 Å². The molecule has 0 radical (unpaired) electrons. The predicted molar refractivity (Wildman–Crippen MR) is 115 cm³/mol. The van der Waals surface area contributed by atoms with Crippen LogP contribution >= 0.6 is 31.9 Å². The number of unbranched alkanes of at least 4 members (excludes halogenated alkanes) is 1. The molecule has 1 aliphatic carbocycles. The number of carbonyl (C=O) groups excluding carboxylic acids is 1. The van der Waals surface area contributed by atoms with E-state index in [9.17, 15) is 9.59 Å². The lowest BCUT2D eigenvalue weighted by molar-refractivity contribution is -0.137. The van der Waals surface area contributed by atoms with E-state index in [4.69, 9.17) is 5.11 Å². The van der Waals surface area contributed by atoms with Crippen LogP contribution in [0.3, 0.4) is 0 Å². The van der Waals surface area contributed by atoms with Crippen LogP contribution in [0.2, 0.25) is 0 Å². The van der Waals surface area contributed by atoms with Gasteiger partial charge < -0.3 is 5.11 Å². The van der Waals surface area contributed by atoms with Gasteiger partial charge >= 0.3 is 5.97 Å². The number of hydrogen-bond donors (Lipinski definition) is 1. The van der Waals surface area contributed by atoms with Crippen LogP contribution in [-0.2, 0) is 17.6 Å². The number of fused-ring (bicyclic) bond motifs is 1. The topological polar surface area (TPSA) is 54.4 Å². The maximum Gasteiger partial charge on any atom is 0.303 e. The van der Waals surface area contributed by atoms with Gasteiger partial charge in [0.05, 0.1) is 0 Å². The molecule has 5 heteroatoms. The van der Waals surface area contributed by atoms with Crippen molar-refractivity contribution in [2.45, 2.75) is 51.4 Å². The second-order valence-electron chi connectivity index (χ2n) is 6.66. The van der Waals surface area contributed by atoms with Crippen molar-refractivity contribution in [2.24, 2.45) is 0 Å². The lowest BCUT2D eigenvalue weighted by atomic mass is 10.0. The van der Waals surface area contributed by atoms with Crippen molar-refractivity contribution in [1.29, 1.82) is 0 Å². The number of ketones is 1. The predicted octanol–water partition coefficient (Wildman–Crippen LogP) is 6.60. The van der Waals surface area contributed by atoms with E-state index in [-0.39, 0.29) is 6.42 Å². The summed E-state index contributed by atoms with van der Waals surface area (Å²) >= 11 is 6.82. The van der Waals surface area contributed by atoms with Crippen molar-refractivity contribution >= 4 is 43.6 Å². The molecule has 0 saturated heterocycles. The molecule has 3 rings (SSSR count). The second-order valence-corrected chi connectivity index (χ2v) is 8.49. The molecule has 0 aliphatic heterocycles. The van der Waals surface area contributed by atoms with Crippen LogP contribution in [0, 0.1) is 0 Å². The second kappa shape index (κ2) is 11.4. The molecule has 2 aromatic carbocycles. The molecule has 0 spiro atoms. The summed E-state index contributed by atoms with van der Waals surface area (Å²) < 4.78 is 2.15. The minimum Gasteiger partial charge on any atom is -0.481 e. The highest BCUT2D eigenvalue weighted by molar-refractivity contribution is 9.10. The highest BCUT2D eigenvalue weighted by Crippen LogP contribution is 2.23. The fourth-order valence-corrected chi connectivity index (χ4v) is 3.93. The first-order valence-electron chi connectivity index (χ1n) is 9.23. The Kier molecular flexibility index (Phi) is 9.22. The Balaban J connectivity index is 0.000000194. The average molecular weight is 496 g/mol. The number of halogens is 2. The van der Waals surface area contributed by atoms with Crippen molar-refractivity contribution in [3.05, 3.63) is 68.1 Å². The first-order chi connectivity index (χ1) is 13.0. The smallest absolute Gasteiger partial charge is 0.303 e. The first kappa shape index (κ1) is 21.8. The Labute approximate surface area is 177 Å². The van der Waals surface area contributed by atoms with E-state index in [0.29, 0.717) is 12.2 Å². The SMILES string of the molecule is O=C(O)CCCCc1cccc(Br)c1.O=C1CCCCc2cc(Br)ccc21. The van der Waals surface area contributed by atoms with Crippen LogP contribution in [0.1, 0.15) is 60.0 Å². The monoisotopic (exact) mass is 494 g/mol. The van der Waals surface area contributed by atoms with Crippen LogP contribution in [0.15, 0.2) is 51.4 Å². The summed E-state index contributed by atoms with van der Waals surface area (Å²) in [6.45, 7) is 0. The highest BCUT2D eigenvalue weighted by atomic mass is 79.9. The molecule has 2 aromatic rings. The summed E-state index contributed by atoms with van der Waals surface area (Å²) in [6, 6.07) is 14.1. The normalized spacial score (nSPS) is 13.2. The van der Waals surface area contributed by atoms with Gasteiger partial charge in [-0.3, -0.25) is 9.59 Å². The number of benzene rings is 2. The Morgan fingerprint density at radius 3 is 2.44 bits per heavy atom. The number of carboxylic acids is 1. The third-order valence-corrected chi connectivity index (χ3v) is 5.45. The summed E-state index contributed by atoms with van der Waals surface area (Å²) in [6.07, 6.45) is 6.83. The summed E-state index contributed by atoms with van der Waals surface area (Å²) in [4.78, 5) is 21.9. The molecule has 1 N–H and O–H groups in total. The first-order valence-corrected chi connectivity index (χ1v) is 10.8. The highest BCUT2D eigenvalue weighted by Gasteiger charge is 2.14. The standard InChI is InChI=1S/C11H13BrO2.C11H11BrO/c12-10-6-3-5-9(8-10)4-1-2-7-11(13)14;12-9-5-6-10-8(7-9)3-1-2-4-11(10)13/h3,5-6,8H,1-2,4,7H2,(H,13,14);5-7H,1-4H2. The van der Waals surface area contributed by atoms with E-state index < -0.39 is 5.97 Å². The van der Waals surface area contributed by atoms with Gasteiger partial charge in [-0.2, -0.15) is 0 Å². The number of carbonyl (C=O) groups is 2. The van der Waals surface area contributed by atoms with Crippen LogP contribution in [-0.4, -0.2) is 16.9 Å². The molecule has 0 aromatic heterocycles. The van der Waals surface area contributed by atoms with Crippen molar-refractivity contribution in [2.75, 3.05) is 0 Å². The molecule has 0 saturated carbocycles. The Morgan fingerprint density at radius 1 is 0.963 bits per heavy atom. The van der Waals surface area contributed by atoms with Crippen molar-refractivity contribution < 1.29 is 14.7 Å². The fraction of sp³-hybridized carbons (Fsp3) is 0.364. The summed E-state index contributed by atoms with van der Waals surface area (Å²) in [7, 11) is 0. The van der Waals surface area contributed by atoms with Gasteiger partial charge in [0.15, 0.2) is 5.78 Å². The number of aliphatic carboxylic acids is 1. The lowest BCUT2D eigenvalue weighted by Crippen LogP contribution is -1.99. The molecule has 0 unspecified atom stereocenters. The number of Topliss-reactive ketones (excluding diaryl/α,β-unsaturated/α-hetero) is 1. The molecule has 0 heterocycles. The maximum absolute atomic E-state index is 11.6. The zero-order chi connectivity index (χ0) is 19.6. The van der Waals surface area contributed by atoms with Crippen molar-refractivity contribution in [3.8, 4) is 0 Å². The molecule has 1 aliphatic rings. The van der Waals surface area contributed by atoms with E-state index in [1.165, 1.54) is 11.1 Å². The van der Waals surface area contributed by atoms with Gasteiger partial charge in [-0.15, -0.1) is 0 Å². The van der Waals surface area contributed by atoms with Crippen LogP contribution in [0.5, 0.6) is 0 Å². The number of hydrogen-bond acceptors (Lipinski definition) is 2. The average Bonchev–Trinajstić information content (AvgIpc) is 2.80. The zero-order valence-corrected chi connectivity index (χ0v) is 18.4. The fourth-order valence-electron chi connectivity index (χ4n) is 3.07. The van der Waals surface area contributed by atoms with E-state index in [1.54, 1.807) is 0 Å². The molecule has 0 atom stereocenters. The van der Waals surface area contributed by atoms with Gasteiger partial charge in [0.25, 0.3) is 0 Å². The molecule has 27 heavy (non-hydrogen) atoms. The van der Waals surface area contributed by atoms with Gasteiger partial charge in [-0.05, 0) is 73.9 Å². The van der Waals surface area contributed by atoms with Gasteiger partial charge in [0, 0.05) is 27.4 Å². The van der Waals surface area contributed by atoms with E-state index in [0.717, 1.165) is 53.0 Å². The molecule has 0 bridgehead atoms. The number of aryl methyl sites for hydroxylation is 2. The maximum atomic E-state index is 11.6. The van der Waals surface area contributed by atoms with Crippen LogP contribution in [0.4, 0.5) is 0 Å². The third kappa shape index (κ3) is 7.97. The number of rotatable bonds is 5. The van der Waals surface area contributed by atoms with Crippen molar-refractivity contribution in [1.82, 2.24) is 0 Å². The molecule has 144 valence electrons. The summed E-state index contributed by atoms with van der Waals surface area (Å²) in [5, 5.41) is 8.45. The molecular weight excluding hydrogens is 472 g/mol. The molecule has 3 nitrogen and oxygen atoms in total. The number of carboxylic acid groups (broad SMARTS) is 1. The summed E-state index contributed by atoms with van der Waals surface area (Å²) in [5.41, 5.74) is 3.39. The van der Waals surface area contributed by atoms with Crippen molar-refractivity contribution in [3.63, 3.8) is 0 Å². The van der Waals surface area contributed by atoms with Crippen LogP contribution < -0.4 is 0 Å². The molecule has 0 fully saturated rings. The van der Waals surface area contributed by atoms with Gasteiger partial charge in [-0.25, -0.2) is 0 Å². The third-order valence-electron chi connectivity index (χ3n) is 4.46. The Hall–Kier alpha value is -1.46. The van der Waals surface area contributed by atoms with Crippen LogP contribution in [0.25, 0.3) is 0 Å². The summed E-state index contributed by atoms with van der Waals surface area (Å²) in [5.74, 6) is -0.403. The Morgan fingerprint density at radius 2 is 1.70 bits per heavy atom. The zero-order valence-electron chi connectivity index (χ0n) is 15.2. The van der Waals surface area contributed by atoms with E-state index in [2.05, 4.69) is 50.1 Å². The largest absolute Gasteiger partial charge is 0.481 e. The molecular formula is C22H24Br2O3. The van der Waals surface area contributed by atoms with Gasteiger partial charge in [-0.1, -0.05) is 50.1 Å². The minimum absolute atomic E-state index is 0.272. The van der Waals surface area contributed by atoms with Gasteiger partial charge in [0.1, 0.15) is 0 Å². The lowest BCUT2D eigenvalue weighted by Gasteiger charge is -2.03. The molecule has 0 amide bonds.